The predicted octanol–water partition coefficient (Wildman–Crippen LogP) is 8.73. The second-order valence-electron chi connectivity index (χ2n) is 15.3. The van der Waals surface area contributed by atoms with Gasteiger partial charge in [0.25, 0.3) is 0 Å². The van der Waals surface area contributed by atoms with Crippen LogP contribution in [0.15, 0.2) is 72.5 Å². The van der Waals surface area contributed by atoms with E-state index in [1.54, 1.807) is 0 Å². The summed E-state index contributed by atoms with van der Waals surface area (Å²) in [5.74, 6) is -0.106. The van der Waals surface area contributed by atoms with Gasteiger partial charge in [-0.15, -0.1) is 0 Å². The van der Waals surface area contributed by atoms with E-state index in [9.17, 15) is 14.4 Å². The second kappa shape index (κ2) is 23.1. The van der Waals surface area contributed by atoms with Crippen molar-refractivity contribution in [2.75, 3.05) is 30.3 Å². The Labute approximate surface area is 330 Å². The Balaban J connectivity index is 1.66. The van der Waals surface area contributed by atoms with Crippen LogP contribution in [0.4, 0.5) is 11.4 Å². The summed E-state index contributed by atoms with van der Waals surface area (Å²) in [5.41, 5.74) is 24.4. The summed E-state index contributed by atoms with van der Waals surface area (Å²) >= 11 is 0. The van der Waals surface area contributed by atoms with E-state index in [0.29, 0.717) is 45.3 Å². The molecule has 0 unspecified atom stereocenters. The van der Waals surface area contributed by atoms with Crippen molar-refractivity contribution < 1.29 is 14.4 Å². The average Bonchev–Trinajstić information content (AvgIpc) is 3.18. The van der Waals surface area contributed by atoms with Crippen molar-refractivity contribution in [2.24, 2.45) is 17.2 Å². The summed E-state index contributed by atoms with van der Waals surface area (Å²) in [4.78, 5) is 39.6. The first-order chi connectivity index (χ1) is 26.8. The van der Waals surface area contributed by atoms with Gasteiger partial charge in [-0.3, -0.25) is 14.4 Å². The Bertz CT molecular complexity index is 1560. The molecule has 0 heterocycles. The van der Waals surface area contributed by atoms with E-state index in [4.69, 9.17) is 17.2 Å². The molecular formula is C46H68N6O3. The number of allylic oxidation sites excluding steroid dienone is 4. The zero-order chi connectivity index (χ0) is 39.5. The fourth-order valence-corrected chi connectivity index (χ4v) is 8.49. The van der Waals surface area contributed by atoms with E-state index in [-0.39, 0.29) is 23.6 Å². The van der Waals surface area contributed by atoms with Gasteiger partial charge in [0.15, 0.2) is 0 Å². The first kappa shape index (κ1) is 43.7. The minimum atomic E-state index is -0.656. The summed E-state index contributed by atoms with van der Waals surface area (Å²) in [6.45, 7) is 8.37. The van der Waals surface area contributed by atoms with Crippen LogP contribution >= 0.6 is 0 Å². The molecular weight excluding hydrogens is 685 g/mol. The lowest BCUT2D eigenvalue weighted by Gasteiger charge is -2.52. The molecule has 2 aromatic carbocycles. The number of nitrogens with two attached hydrogens (primary N) is 3. The molecule has 0 radical (unpaired) electrons. The fourth-order valence-electron chi connectivity index (χ4n) is 8.49. The molecule has 55 heavy (non-hydrogen) atoms. The van der Waals surface area contributed by atoms with E-state index < -0.39 is 5.41 Å². The lowest BCUT2D eigenvalue weighted by atomic mass is 9.50. The highest BCUT2D eigenvalue weighted by Crippen LogP contribution is 2.63. The maximum atomic E-state index is 13.3. The van der Waals surface area contributed by atoms with Gasteiger partial charge in [-0.2, -0.15) is 0 Å². The van der Waals surface area contributed by atoms with Crippen molar-refractivity contribution in [3.05, 3.63) is 94.7 Å². The molecule has 3 aliphatic rings. The standard InChI is InChI=1S/C46H68N6O3/c1-3-20-36-41(33-50-42(53)21-14-8-5-11-17-28-47)46(4-2)39-31-34(51-43(54)22-15-9-6-12-18-29-48)24-26-37(39)45(36)38-27-25-35(32-40(38)46)52-44(55)23-16-10-7-13-19-30-49/h3,20,24-27,31-33,45H,1,4-19,21-23,28-30,47-49H2,2H3,(H,50,53)(H,51,54)(H,52,55)/b36-20+,41-33+. The summed E-state index contributed by atoms with van der Waals surface area (Å²) in [7, 11) is 0. The number of fused-ring (bicyclic) bond motifs is 1. The minimum absolute atomic E-state index is 0.00775. The molecule has 0 fully saturated rings. The van der Waals surface area contributed by atoms with Crippen molar-refractivity contribution in [2.45, 2.75) is 140 Å². The van der Waals surface area contributed by atoms with Crippen LogP contribution in [-0.4, -0.2) is 37.4 Å². The Morgan fingerprint density at radius 2 is 1.05 bits per heavy atom. The quantitative estimate of drug-likeness (QED) is 0.0526. The number of anilines is 2. The summed E-state index contributed by atoms with van der Waals surface area (Å²) in [6, 6.07) is 12.6. The molecule has 9 nitrogen and oxygen atoms in total. The van der Waals surface area contributed by atoms with Crippen LogP contribution in [0.1, 0.15) is 157 Å². The van der Waals surface area contributed by atoms with E-state index in [1.165, 1.54) is 11.1 Å². The molecule has 300 valence electrons. The third kappa shape index (κ3) is 11.7. The molecule has 3 aliphatic carbocycles. The van der Waals surface area contributed by atoms with Gasteiger partial charge >= 0.3 is 0 Å². The molecule has 0 spiro atoms. The van der Waals surface area contributed by atoms with Gasteiger partial charge in [0.2, 0.25) is 17.7 Å². The second-order valence-corrected chi connectivity index (χ2v) is 15.3. The fraction of sp³-hybridized carbons (Fsp3) is 0.543. The number of unbranched alkanes of at least 4 members (excludes halogenated alkanes) is 12. The normalized spacial score (nSPS) is 18.2. The van der Waals surface area contributed by atoms with Crippen molar-refractivity contribution >= 4 is 29.1 Å². The summed E-state index contributed by atoms with van der Waals surface area (Å²) in [5, 5.41) is 9.55. The Morgan fingerprint density at radius 1 is 0.636 bits per heavy atom. The number of amides is 3. The largest absolute Gasteiger partial charge is 0.332 e. The molecule has 2 bridgehead atoms. The van der Waals surface area contributed by atoms with Gasteiger partial charge in [-0.1, -0.05) is 95.6 Å². The summed E-state index contributed by atoms with van der Waals surface area (Å²) in [6.07, 6.45) is 23.0. The van der Waals surface area contributed by atoms with Crippen LogP contribution in [-0.2, 0) is 19.8 Å². The number of carbonyl (C=O) groups excluding carboxylic acids is 3. The Morgan fingerprint density at radius 3 is 1.47 bits per heavy atom. The van der Waals surface area contributed by atoms with Gasteiger partial charge in [-0.25, -0.2) is 0 Å². The van der Waals surface area contributed by atoms with Gasteiger partial charge in [0.05, 0.1) is 0 Å². The van der Waals surface area contributed by atoms with Crippen molar-refractivity contribution in [1.29, 1.82) is 0 Å². The number of benzene rings is 2. The number of nitrogens with one attached hydrogen (secondary N) is 3. The Kier molecular flexibility index (Phi) is 18.4. The third-order valence-corrected chi connectivity index (χ3v) is 11.3. The van der Waals surface area contributed by atoms with Crippen molar-refractivity contribution in [1.82, 2.24) is 5.32 Å². The number of hydrogen-bond acceptors (Lipinski definition) is 6. The number of carbonyl (C=O) groups is 3. The zero-order valence-corrected chi connectivity index (χ0v) is 33.5. The maximum absolute atomic E-state index is 13.3. The van der Waals surface area contributed by atoms with Crippen LogP contribution in [0, 0.1) is 0 Å². The molecule has 9 heteroatoms. The maximum Gasteiger partial charge on any atom is 0.224 e. The van der Waals surface area contributed by atoms with Gasteiger partial charge in [-0.05, 0) is 122 Å². The van der Waals surface area contributed by atoms with E-state index in [1.807, 2.05) is 24.4 Å². The van der Waals surface area contributed by atoms with Crippen LogP contribution in [0.25, 0.3) is 0 Å². The molecule has 0 aliphatic heterocycles. The average molecular weight is 753 g/mol. The molecule has 3 amide bonds. The van der Waals surface area contributed by atoms with Gasteiger partial charge in [0.1, 0.15) is 0 Å². The first-order valence-corrected chi connectivity index (χ1v) is 21.2. The highest BCUT2D eigenvalue weighted by Gasteiger charge is 2.53. The van der Waals surface area contributed by atoms with Crippen LogP contribution < -0.4 is 33.2 Å². The lowest BCUT2D eigenvalue weighted by molar-refractivity contribution is -0.120. The molecule has 0 atom stereocenters. The van der Waals surface area contributed by atoms with E-state index in [0.717, 1.165) is 130 Å². The van der Waals surface area contributed by atoms with Crippen LogP contribution in [0.5, 0.6) is 0 Å². The smallest absolute Gasteiger partial charge is 0.224 e. The zero-order valence-electron chi connectivity index (χ0n) is 33.5. The number of hydrogen-bond donors (Lipinski definition) is 6. The predicted molar refractivity (Wildman–Crippen MR) is 228 cm³/mol. The monoisotopic (exact) mass is 753 g/mol. The van der Waals surface area contributed by atoms with E-state index in [2.05, 4.69) is 59.8 Å². The molecule has 9 N–H and O–H groups in total. The summed E-state index contributed by atoms with van der Waals surface area (Å²) < 4.78 is 0. The molecule has 5 rings (SSSR count). The number of rotatable bonds is 26. The minimum Gasteiger partial charge on any atom is -0.332 e. The highest BCUT2D eigenvalue weighted by molar-refractivity contribution is 5.92. The third-order valence-electron chi connectivity index (χ3n) is 11.3. The molecule has 0 saturated heterocycles. The Hall–Kier alpha value is -4.05. The van der Waals surface area contributed by atoms with E-state index >= 15 is 0 Å². The molecule has 0 aromatic heterocycles. The van der Waals surface area contributed by atoms with Gasteiger partial charge in [0, 0.05) is 48.2 Å². The molecule has 0 saturated carbocycles. The topological polar surface area (TPSA) is 165 Å². The van der Waals surface area contributed by atoms with Crippen molar-refractivity contribution in [3.63, 3.8) is 0 Å². The van der Waals surface area contributed by atoms with Gasteiger partial charge < -0.3 is 33.2 Å². The lowest BCUT2D eigenvalue weighted by Crippen LogP contribution is -2.44. The van der Waals surface area contributed by atoms with Crippen LogP contribution in [0.2, 0.25) is 0 Å². The molecule has 2 aromatic rings. The first-order valence-electron chi connectivity index (χ1n) is 21.2. The van der Waals surface area contributed by atoms with Crippen LogP contribution in [0.3, 0.4) is 0 Å². The highest BCUT2D eigenvalue weighted by atomic mass is 16.2. The SMILES string of the molecule is C=C/C=C1\C(=C/NC(=O)CCCCCCCN)C2(CC)c3cc(NC(=O)CCCCCCCN)ccc3C1c1ccc(NC(=O)CCCCCCCN)cc12. The van der Waals surface area contributed by atoms with Crippen molar-refractivity contribution in [3.8, 4) is 0 Å².